The average molecular weight is 377 g/mol. The van der Waals surface area contributed by atoms with Gasteiger partial charge in [-0.15, -0.1) is 11.3 Å². The molecular formula is C17H17ClN4O2S. The molecule has 0 bridgehead atoms. The molecule has 0 spiro atoms. The van der Waals surface area contributed by atoms with Gasteiger partial charge in [0.2, 0.25) is 5.95 Å². The molecule has 0 aliphatic carbocycles. The second-order valence-electron chi connectivity index (χ2n) is 5.70. The molecule has 2 heterocycles. The van der Waals surface area contributed by atoms with Crippen molar-refractivity contribution in [2.24, 2.45) is 0 Å². The van der Waals surface area contributed by atoms with Crippen LogP contribution < -0.4 is 11.3 Å². The van der Waals surface area contributed by atoms with Crippen LogP contribution in [0, 0.1) is 6.92 Å². The standard InChI is InChI=1S/C17H17ClN4O2S/c1-4-22(3)16(24)10-7-9(5-6-11(10)18)13-8(2)12-14(23)20-17(19)21-15(12)25-13/h5-7H,4H2,1-3H3,(H3,19,20,21,23). The second kappa shape index (κ2) is 6.50. The number of thiophene rings is 1. The molecule has 25 heavy (non-hydrogen) atoms. The van der Waals surface area contributed by atoms with Crippen molar-refractivity contribution in [1.29, 1.82) is 0 Å². The van der Waals surface area contributed by atoms with Crippen LogP contribution in [0.4, 0.5) is 5.95 Å². The number of anilines is 1. The Bertz CT molecular complexity index is 1040. The third-order valence-electron chi connectivity index (χ3n) is 4.10. The first kappa shape index (κ1) is 17.4. The number of fused-ring (bicyclic) bond motifs is 1. The van der Waals surface area contributed by atoms with Crippen LogP contribution >= 0.6 is 22.9 Å². The highest BCUT2D eigenvalue weighted by Gasteiger charge is 2.19. The van der Waals surface area contributed by atoms with Gasteiger partial charge >= 0.3 is 0 Å². The lowest BCUT2D eigenvalue weighted by Gasteiger charge is -2.16. The molecule has 0 unspecified atom stereocenters. The van der Waals surface area contributed by atoms with Crippen LogP contribution in [0.15, 0.2) is 23.0 Å². The number of hydrogen-bond acceptors (Lipinski definition) is 5. The van der Waals surface area contributed by atoms with Crippen LogP contribution in [0.5, 0.6) is 0 Å². The summed E-state index contributed by atoms with van der Waals surface area (Å²) in [6.07, 6.45) is 0. The maximum absolute atomic E-state index is 12.5. The smallest absolute Gasteiger partial charge is 0.261 e. The van der Waals surface area contributed by atoms with Crippen molar-refractivity contribution in [2.75, 3.05) is 19.3 Å². The van der Waals surface area contributed by atoms with Crippen molar-refractivity contribution in [3.8, 4) is 10.4 Å². The highest BCUT2D eigenvalue weighted by atomic mass is 35.5. The van der Waals surface area contributed by atoms with E-state index < -0.39 is 0 Å². The van der Waals surface area contributed by atoms with Crippen LogP contribution in [0.25, 0.3) is 20.7 Å². The molecule has 0 aliphatic rings. The molecule has 3 N–H and O–H groups in total. The fourth-order valence-electron chi connectivity index (χ4n) is 2.62. The zero-order valence-corrected chi connectivity index (χ0v) is 15.6. The number of nitrogens with one attached hydrogen (secondary N) is 1. The van der Waals surface area contributed by atoms with Crippen molar-refractivity contribution >= 4 is 45.0 Å². The maximum Gasteiger partial charge on any atom is 0.261 e. The number of nitrogens with zero attached hydrogens (tertiary/aromatic N) is 2. The Hall–Kier alpha value is -2.38. The summed E-state index contributed by atoms with van der Waals surface area (Å²) in [5.41, 5.74) is 7.41. The number of aromatic amines is 1. The molecule has 0 atom stereocenters. The normalized spacial score (nSPS) is 11.0. The van der Waals surface area contributed by atoms with Gasteiger partial charge in [-0.2, -0.15) is 0 Å². The van der Waals surface area contributed by atoms with Gasteiger partial charge in [-0.05, 0) is 37.1 Å². The number of aromatic nitrogens is 2. The lowest BCUT2D eigenvalue weighted by atomic mass is 10.0. The highest BCUT2D eigenvalue weighted by molar-refractivity contribution is 7.22. The van der Waals surface area contributed by atoms with E-state index in [2.05, 4.69) is 9.97 Å². The van der Waals surface area contributed by atoms with E-state index in [0.717, 1.165) is 16.0 Å². The highest BCUT2D eigenvalue weighted by Crippen LogP contribution is 2.37. The number of H-pyrrole nitrogens is 1. The summed E-state index contributed by atoms with van der Waals surface area (Å²) in [6.45, 7) is 4.34. The summed E-state index contributed by atoms with van der Waals surface area (Å²) in [5.74, 6) is -0.0600. The SMILES string of the molecule is CCN(C)C(=O)c1cc(-c2sc3nc(N)[nH]c(=O)c3c2C)ccc1Cl. The largest absolute Gasteiger partial charge is 0.369 e. The molecule has 3 aromatic rings. The second-order valence-corrected chi connectivity index (χ2v) is 7.11. The summed E-state index contributed by atoms with van der Waals surface area (Å²) < 4.78 is 0. The molecule has 8 heteroatoms. The quantitative estimate of drug-likeness (QED) is 0.733. The molecule has 130 valence electrons. The Labute approximate surface area is 153 Å². The maximum atomic E-state index is 12.5. The molecular weight excluding hydrogens is 360 g/mol. The van der Waals surface area contributed by atoms with Gasteiger partial charge in [0.25, 0.3) is 11.5 Å². The first-order valence-corrected chi connectivity index (χ1v) is 8.87. The Balaban J connectivity index is 2.19. The zero-order chi connectivity index (χ0) is 18.3. The van der Waals surface area contributed by atoms with Gasteiger partial charge in [-0.3, -0.25) is 14.6 Å². The van der Waals surface area contributed by atoms with E-state index in [1.54, 1.807) is 24.1 Å². The molecule has 0 aliphatic heterocycles. The number of hydrogen-bond donors (Lipinski definition) is 2. The fourth-order valence-corrected chi connectivity index (χ4v) is 4.00. The topological polar surface area (TPSA) is 92.1 Å². The molecule has 3 rings (SSSR count). The first-order valence-electron chi connectivity index (χ1n) is 7.67. The summed E-state index contributed by atoms with van der Waals surface area (Å²) in [6, 6.07) is 5.29. The van der Waals surface area contributed by atoms with Crippen LogP contribution in [0.2, 0.25) is 5.02 Å². The lowest BCUT2D eigenvalue weighted by Crippen LogP contribution is -2.26. The summed E-state index contributed by atoms with van der Waals surface area (Å²) in [7, 11) is 1.72. The molecule has 1 amide bonds. The summed E-state index contributed by atoms with van der Waals surface area (Å²) in [4.78, 5) is 34.4. The number of benzene rings is 1. The third kappa shape index (κ3) is 3.01. The van der Waals surface area contributed by atoms with Gasteiger partial charge in [0.15, 0.2) is 0 Å². The minimum Gasteiger partial charge on any atom is -0.369 e. The van der Waals surface area contributed by atoms with E-state index >= 15 is 0 Å². The van der Waals surface area contributed by atoms with Crippen LogP contribution in [-0.4, -0.2) is 34.4 Å². The Morgan fingerprint density at radius 2 is 2.16 bits per heavy atom. The van der Waals surface area contributed by atoms with Crippen molar-refractivity contribution < 1.29 is 4.79 Å². The van der Waals surface area contributed by atoms with Gasteiger partial charge < -0.3 is 10.6 Å². The van der Waals surface area contributed by atoms with Crippen LogP contribution in [0.1, 0.15) is 22.8 Å². The van der Waals surface area contributed by atoms with Crippen molar-refractivity contribution in [3.63, 3.8) is 0 Å². The number of nitrogen functional groups attached to an aromatic ring is 1. The number of nitrogens with two attached hydrogens (primary N) is 1. The number of carbonyl (C=O) groups excluding carboxylic acids is 1. The van der Waals surface area contributed by atoms with Gasteiger partial charge in [0.05, 0.1) is 16.0 Å². The number of halogens is 1. The van der Waals surface area contributed by atoms with E-state index in [0.29, 0.717) is 27.3 Å². The third-order valence-corrected chi connectivity index (χ3v) is 5.66. The minimum absolute atomic E-state index is 0.0850. The number of carbonyl (C=O) groups is 1. The van der Waals surface area contributed by atoms with E-state index in [1.165, 1.54) is 11.3 Å². The first-order chi connectivity index (χ1) is 11.8. The van der Waals surface area contributed by atoms with E-state index in [9.17, 15) is 9.59 Å². The Morgan fingerprint density at radius 3 is 2.84 bits per heavy atom. The molecule has 0 saturated heterocycles. The minimum atomic E-state index is -0.265. The lowest BCUT2D eigenvalue weighted by molar-refractivity contribution is 0.0802. The average Bonchev–Trinajstić information content (AvgIpc) is 2.90. The monoisotopic (exact) mass is 376 g/mol. The zero-order valence-electron chi connectivity index (χ0n) is 14.0. The van der Waals surface area contributed by atoms with E-state index in [-0.39, 0.29) is 17.4 Å². The van der Waals surface area contributed by atoms with Crippen molar-refractivity contribution in [1.82, 2.24) is 14.9 Å². The predicted molar refractivity (Wildman–Crippen MR) is 102 cm³/mol. The van der Waals surface area contributed by atoms with E-state index in [4.69, 9.17) is 17.3 Å². The van der Waals surface area contributed by atoms with Crippen molar-refractivity contribution in [3.05, 3.63) is 44.7 Å². The molecule has 1 aromatic carbocycles. The van der Waals surface area contributed by atoms with Gasteiger partial charge in [0.1, 0.15) is 4.83 Å². The van der Waals surface area contributed by atoms with Gasteiger partial charge in [0, 0.05) is 18.5 Å². The van der Waals surface area contributed by atoms with Gasteiger partial charge in [-0.1, -0.05) is 17.7 Å². The Morgan fingerprint density at radius 1 is 1.44 bits per heavy atom. The molecule has 0 saturated carbocycles. The number of amides is 1. The summed E-state index contributed by atoms with van der Waals surface area (Å²) in [5, 5.41) is 0.913. The molecule has 0 fully saturated rings. The molecule has 0 radical (unpaired) electrons. The Kier molecular flexibility index (Phi) is 4.53. The summed E-state index contributed by atoms with van der Waals surface area (Å²) >= 11 is 7.58. The molecule has 6 nitrogen and oxygen atoms in total. The predicted octanol–water partition coefficient (Wildman–Crippen LogP) is 3.29. The number of rotatable bonds is 3. The fraction of sp³-hybridized carbons (Fsp3) is 0.235. The van der Waals surface area contributed by atoms with Crippen LogP contribution in [-0.2, 0) is 0 Å². The van der Waals surface area contributed by atoms with Crippen molar-refractivity contribution in [2.45, 2.75) is 13.8 Å². The van der Waals surface area contributed by atoms with Crippen LogP contribution in [0.3, 0.4) is 0 Å². The number of aryl methyl sites for hydroxylation is 1. The van der Waals surface area contributed by atoms with Gasteiger partial charge in [-0.25, -0.2) is 4.98 Å². The molecule has 2 aromatic heterocycles. The van der Waals surface area contributed by atoms with E-state index in [1.807, 2.05) is 19.9 Å².